The van der Waals surface area contributed by atoms with Gasteiger partial charge < -0.3 is 20.1 Å². The number of aliphatic imine (C=N–C) groups is 1. The van der Waals surface area contributed by atoms with E-state index in [-0.39, 0.29) is 0 Å². The Balaban J connectivity index is 2.01. The van der Waals surface area contributed by atoms with Gasteiger partial charge in [0.15, 0.2) is 17.5 Å². The maximum absolute atomic E-state index is 5.80. The third kappa shape index (κ3) is 5.83. The molecule has 7 heteroatoms. The summed E-state index contributed by atoms with van der Waals surface area (Å²) in [6.07, 6.45) is 1.73. The highest BCUT2D eigenvalue weighted by Gasteiger charge is 2.05. The van der Waals surface area contributed by atoms with Crippen molar-refractivity contribution < 1.29 is 9.47 Å². The van der Waals surface area contributed by atoms with E-state index in [0.29, 0.717) is 29.7 Å². The molecular formula is C18H23ClN4O2. The van der Waals surface area contributed by atoms with Crippen molar-refractivity contribution in [3.05, 3.63) is 52.8 Å². The zero-order chi connectivity index (χ0) is 18.1. The number of pyridine rings is 1. The van der Waals surface area contributed by atoms with Crippen molar-refractivity contribution >= 4 is 17.6 Å². The van der Waals surface area contributed by atoms with Gasteiger partial charge in [-0.2, -0.15) is 0 Å². The topological polar surface area (TPSA) is 67.8 Å². The van der Waals surface area contributed by atoms with Crippen LogP contribution in [0.3, 0.4) is 0 Å². The van der Waals surface area contributed by atoms with Crippen molar-refractivity contribution in [3.8, 4) is 11.5 Å². The molecule has 2 N–H and O–H groups in total. The standard InChI is InChI=1S/C18H23ClN4O2/c1-4-20-18(23-12-14-6-8-17(19)21-11-14)22-10-13-5-7-15(24-2)16(9-13)25-3/h5-9,11H,4,10,12H2,1-3H3,(H2,20,22,23). The molecule has 0 saturated heterocycles. The molecule has 1 heterocycles. The SMILES string of the molecule is CCNC(=NCc1ccc(Cl)nc1)NCc1ccc(OC)c(OC)c1. The Bertz CT molecular complexity index is 705. The molecule has 0 atom stereocenters. The van der Waals surface area contributed by atoms with Gasteiger partial charge in [-0.15, -0.1) is 0 Å². The average molecular weight is 363 g/mol. The molecule has 2 aromatic rings. The molecule has 1 aromatic heterocycles. The maximum atomic E-state index is 5.80. The molecule has 1 aromatic carbocycles. The molecule has 0 aliphatic heterocycles. The normalized spacial score (nSPS) is 11.1. The van der Waals surface area contributed by atoms with Gasteiger partial charge in [0, 0.05) is 19.3 Å². The van der Waals surface area contributed by atoms with Gasteiger partial charge in [-0.25, -0.2) is 9.98 Å². The van der Waals surface area contributed by atoms with Crippen LogP contribution < -0.4 is 20.1 Å². The van der Waals surface area contributed by atoms with E-state index in [4.69, 9.17) is 21.1 Å². The predicted molar refractivity (Wildman–Crippen MR) is 100 cm³/mol. The van der Waals surface area contributed by atoms with Crippen molar-refractivity contribution in [2.24, 2.45) is 4.99 Å². The van der Waals surface area contributed by atoms with Crippen LogP contribution in [0.25, 0.3) is 0 Å². The highest BCUT2D eigenvalue weighted by atomic mass is 35.5. The lowest BCUT2D eigenvalue weighted by molar-refractivity contribution is 0.354. The third-order valence-electron chi connectivity index (χ3n) is 3.46. The first-order valence-electron chi connectivity index (χ1n) is 7.99. The molecule has 25 heavy (non-hydrogen) atoms. The Morgan fingerprint density at radius 2 is 1.84 bits per heavy atom. The van der Waals surface area contributed by atoms with Crippen LogP contribution in [0.5, 0.6) is 11.5 Å². The van der Waals surface area contributed by atoms with Crippen LogP contribution in [0, 0.1) is 0 Å². The number of nitrogens with one attached hydrogen (secondary N) is 2. The van der Waals surface area contributed by atoms with Gasteiger partial charge in [-0.05, 0) is 36.2 Å². The van der Waals surface area contributed by atoms with Crippen LogP contribution >= 0.6 is 11.6 Å². The number of aromatic nitrogens is 1. The molecule has 0 saturated carbocycles. The largest absolute Gasteiger partial charge is 0.493 e. The molecule has 0 fully saturated rings. The zero-order valence-corrected chi connectivity index (χ0v) is 15.4. The Kier molecular flexibility index (Phi) is 7.35. The summed E-state index contributed by atoms with van der Waals surface area (Å²) in [5.74, 6) is 2.14. The summed E-state index contributed by atoms with van der Waals surface area (Å²) in [6.45, 7) is 3.94. The molecule has 2 rings (SSSR count). The molecular weight excluding hydrogens is 340 g/mol. The first-order valence-corrected chi connectivity index (χ1v) is 8.37. The number of methoxy groups -OCH3 is 2. The molecule has 0 bridgehead atoms. The summed E-state index contributed by atoms with van der Waals surface area (Å²) in [5, 5.41) is 7.00. The van der Waals surface area contributed by atoms with E-state index < -0.39 is 0 Å². The number of benzene rings is 1. The van der Waals surface area contributed by atoms with Crippen molar-refractivity contribution in [2.75, 3.05) is 20.8 Å². The number of rotatable bonds is 7. The Hall–Kier alpha value is -2.47. The minimum absolute atomic E-state index is 0.478. The first kappa shape index (κ1) is 18.9. The van der Waals surface area contributed by atoms with Crippen molar-refractivity contribution in [3.63, 3.8) is 0 Å². The third-order valence-corrected chi connectivity index (χ3v) is 3.68. The molecule has 0 unspecified atom stereocenters. The van der Waals surface area contributed by atoms with Crippen LogP contribution in [0.1, 0.15) is 18.1 Å². The predicted octanol–water partition coefficient (Wildman–Crippen LogP) is 3.01. The average Bonchev–Trinajstić information content (AvgIpc) is 2.65. The summed E-state index contributed by atoms with van der Waals surface area (Å²) >= 11 is 5.80. The van der Waals surface area contributed by atoms with E-state index in [1.165, 1.54) is 0 Å². The van der Waals surface area contributed by atoms with Gasteiger partial charge in [0.2, 0.25) is 0 Å². The minimum atomic E-state index is 0.478. The summed E-state index contributed by atoms with van der Waals surface area (Å²) in [4.78, 5) is 8.62. The van der Waals surface area contributed by atoms with Crippen LogP contribution in [0.2, 0.25) is 5.15 Å². The Labute approximate surface area is 153 Å². The second kappa shape index (κ2) is 9.74. The van der Waals surface area contributed by atoms with E-state index in [1.54, 1.807) is 26.5 Å². The zero-order valence-electron chi connectivity index (χ0n) is 14.7. The monoisotopic (exact) mass is 362 g/mol. The second-order valence-corrected chi connectivity index (χ2v) is 5.61. The quantitative estimate of drug-likeness (QED) is 0.450. The first-order chi connectivity index (χ1) is 12.2. The van der Waals surface area contributed by atoms with Gasteiger partial charge in [-0.1, -0.05) is 23.7 Å². The summed E-state index contributed by atoms with van der Waals surface area (Å²) in [7, 11) is 3.25. The van der Waals surface area contributed by atoms with Crippen molar-refractivity contribution in [1.29, 1.82) is 0 Å². The smallest absolute Gasteiger partial charge is 0.191 e. The number of halogens is 1. The molecule has 0 spiro atoms. The lowest BCUT2D eigenvalue weighted by Gasteiger charge is -2.13. The molecule has 6 nitrogen and oxygen atoms in total. The van der Waals surface area contributed by atoms with Crippen molar-refractivity contribution in [1.82, 2.24) is 15.6 Å². The van der Waals surface area contributed by atoms with Crippen LogP contribution in [0.4, 0.5) is 0 Å². The summed E-state index contributed by atoms with van der Waals surface area (Å²) in [5.41, 5.74) is 2.06. The molecule has 0 amide bonds. The number of ether oxygens (including phenoxy) is 2. The summed E-state index contributed by atoms with van der Waals surface area (Å²) in [6, 6.07) is 9.49. The fourth-order valence-corrected chi connectivity index (χ4v) is 2.30. The Morgan fingerprint density at radius 1 is 1.08 bits per heavy atom. The lowest BCUT2D eigenvalue weighted by atomic mass is 10.2. The molecule has 0 aliphatic carbocycles. The fourth-order valence-electron chi connectivity index (χ4n) is 2.19. The van der Waals surface area contributed by atoms with Gasteiger partial charge in [0.05, 0.1) is 20.8 Å². The van der Waals surface area contributed by atoms with Crippen LogP contribution in [0.15, 0.2) is 41.5 Å². The molecule has 0 radical (unpaired) electrons. The Morgan fingerprint density at radius 3 is 2.48 bits per heavy atom. The number of hydrogen-bond donors (Lipinski definition) is 2. The van der Waals surface area contributed by atoms with Crippen molar-refractivity contribution in [2.45, 2.75) is 20.0 Å². The summed E-state index contributed by atoms with van der Waals surface area (Å²) < 4.78 is 10.6. The molecule has 134 valence electrons. The van der Waals surface area contributed by atoms with E-state index in [1.807, 2.05) is 31.2 Å². The van der Waals surface area contributed by atoms with Gasteiger partial charge >= 0.3 is 0 Å². The maximum Gasteiger partial charge on any atom is 0.191 e. The molecule has 0 aliphatic rings. The number of nitrogens with zero attached hydrogens (tertiary/aromatic N) is 2. The van der Waals surface area contributed by atoms with Gasteiger partial charge in [-0.3, -0.25) is 0 Å². The second-order valence-electron chi connectivity index (χ2n) is 5.23. The van der Waals surface area contributed by atoms with Crippen LogP contribution in [-0.2, 0) is 13.1 Å². The van der Waals surface area contributed by atoms with Crippen LogP contribution in [-0.4, -0.2) is 31.7 Å². The van der Waals surface area contributed by atoms with E-state index >= 15 is 0 Å². The van der Waals surface area contributed by atoms with E-state index in [9.17, 15) is 0 Å². The lowest BCUT2D eigenvalue weighted by Crippen LogP contribution is -2.36. The van der Waals surface area contributed by atoms with E-state index in [0.717, 1.165) is 23.6 Å². The van der Waals surface area contributed by atoms with E-state index in [2.05, 4.69) is 20.6 Å². The highest BCUT2D eigenvalue weighted by molar-refractivity contribution is 6.29. The van der Waals surface area contributed by atoms with Gasteiger partial charge in [0.1, 0.15) is 5.15 Å². The number of hydrogen-bond acceptors (Lipinski definition) is 4. The van der Waals surface area contributed by atoms with Gasteiger partial charge in [0.25, 0.3) is 0 Å². The minimum Gasteiger partial charge on any atom is -0.493 e. The highest BCUT2D eigenvalue weighted by Crippen LogP contribution is 2.27. The number of guanidine groups is 1. The fraction of sp³-hybridized carbons (Fsp3) is 0.333.